The molecular formula is C57H113NO5. The molecule has 0 saturated carbocycles. The van der Waals surface area contributed by atoms with Crippen LogP contribution in [0.5, 0.6) is 0 Å². The lowest BCUT2D eigenvalue weighted by Crippen LogP contribution is -2.45. The van der Waals surface area contributed by atoms with E-state index in [4.69, 9.17) is 4.74 Å². The van der Waals surface area contributed by atoms with Crippen molar-refractivity contribution in [3.63, 3.8) is 0 Å². The van der Waals surface area contributed by atoms with Gasteiger partial charge in [0.05, 0.1) is 25.4 Å². The van der Waals surface area contributed by atoms with E-state index in [1.165, 1.54) is 238 Å². The zero-order valence-corrected chi connectivity index (χ0v) is 42.8. The summed E-state index contributed by atoms with van der Waals surface area (Å²) in [6.45, 7) is 4.93. The molecule has 0 radical (unpaired) electrons. The van der Waals surface area contributed by atoms with Gasteiger partial charge >= 0.3 is 5.97 Å². The number of hydrogen-bond donors (Lipinski definition) is 3. The molecule has 0 aliphatic heterocycles. The normalized spacial score (nSPS) is 12.5. The average molecular weight is 893 g/mol. The number of carbonyl (C=O) groups is 2. The van der Waals surface area contributed by atoms with Gasteiger partial charge in [-0.3, -0.25) is 9.59 Å². The number of aliphatic hydroxyl groups is 2. The van der Waals surface area contributed by atoms with Crippen molar-refractivity contribution in [3.05, 3.63) is 0 Å². The first-order chi connectivity index (χ1) is 31.0. The Balaban J connectivity index is 3.43. The number of carbonyl (C=O) groups excluding carboxylic acids is 2. The van der Waals surface area contributed by atoms with Crippen LogP contribution in [0.1, 0.15) is 328 Å². The third-order valence-corrected chi connectivity index (χ3v) is 13.7. The molecule has 0 aliphatic rings. The number of nitrogens with one attached hydrogen (secondary N) is 1. The molecule has 0 fully saturated rings. The molecule has 2 atom stereocenters. The van der Waals surface area contributed by atoms with Crippen molar-refractivity contribution in [3.8, 4) is 0 Å². The Hall–Kier alpha value is -1.14. The van der Waals surface area contributed by atoms with Crippen LogP contribution >= 0.6 is 0 Å². The lowest BCUT2D eigenvalue weighted by Gasteiger charge is -2.22. The molecule has 0 aliphatic carbocycles. The number of esters is 1. The fourth-order valence-corrected chi connectivity index (χ4v) is 9.23. The van der Waals surface area contributed by atoms with Gasteiger partial charge in [-0.15, -0.1) is 0 Å². The summed E-state index contributed by atoms with van der Waals surface area (Å²) in [6.07, 6.45) is 60.9. The van der Waals surface area contributed by atoms with Gasteiger partial charge in [-0.1, -0.05) is 290 Å². The molecular weight excluding hydrogens is 779 g/mol. The third kappa shape index (κ3) is 50.1. The minimum Gasteiger partial charge on any atom is -0.466 e. The minimum atomic E-state index is -0.677. The molecule has 6 heteroatoms. The molecule has 1 amide bonds. The number of aliphatic hydroxyl groups excluding tert-OH is 2. The lowest BCUT2D eigenvalue weighted by molar-refractivity contribution is -0.143. The number of amides is 1. The predicted molar refractivity (Wildman–Crippen MR) is 274 cm³/mol. The molecule has 0 spiro atoms. The van der Waals surface area contributed by atoms with Crippen LogP contribution in [0.3, 0.4) is 0 Å². The Labute approximate surface area is 394 Å². The second kappa shape index (κ2) is 53.5. The van der Waals surface area contributed by atoms with Crippen LogP contribution in [0.4, 0.5) is 0 Å². The van der Waals surface area contributed by atoms with Crippen LogP contribution in [0.25, 0.3) is 0 Å². The molecule has 376 valence electrons. The van der Waals surface area contributed by atoms with E-state index in [0.29, 0.717) is 25.9 Å². The van der Waals surface area contributed by atoms with Gasteiger partial charge in [0, 0.05) is 12.8 Å². The van der Waals surface area contributed by atoms with Gasteiger partial charge in [-0.25, -0.2) is 0 Å². The van der Waals surface area contributed by atoms with Crippen molar-refractivity contribution in [1.82, 2.24) is 5.32 Å². The molecule has 3 N–H and O–H groups in total. The number of unbranched alkanes of at least 4 members (excludes halogenated alkanes) is 43. The third-order valence-electron chi connectivity index (χ3n) is 13.7. The summed E-state index contributed by atoms with van der Waals surface area (Å²) < 4.78 is 5.48. The van der Waals surface area contributed by atoms with Crippen molar-refractivity contribution in [2.24, 2.45) is 0 Å². The molecule has 0 aromatic carbocycles. The van der Waals surface area contributed by atoms with Gasteiger partial charge in [-0.05, 0) is 25.7 Å². The quantitative estimate of drug-likeness (QED) is 0.0418. The Morgan fingerprint density at radius 2 is 0.651 bits per heavy atom. The van der Waals surface area contributed by atoms with Crippen molar-refractivity contribution in [2.45, 2.75) is 341 Å². The van der Waals surface area contributed by atoms with E-state index in [0.717, 1.165) is 57.8 Å². The predicted octanol–water partition coefficient (Wildman–Crippen LogP) is 17.5. The number of ether oxygens (including phenoxy) is 1. The van der Waals surface area contributed by atoms with E-state index in [-0.39, 0.29) is 18.5 Å². The fraction of sp³-hybridized carbons (Fsp3) is 0.965. The highest BCUT2D eigenvalue weighted by atomic mass is 16.5. The molecule has 0 heterocycles. The molecule has 2 unspecified atom stereocenters. The maximum Gasteiger partial charge on any atom is 0.305 e. The Bertz CT molecular complexity index is 898. The molecule has 63 heavy (non-hydrogen) atoms. The van der Waals surface area contributed by atoms with Gasteiger partial charge < -0.3 is 20.3 Å². The van der Waals surface area contributed by atoms with Crippen LogP contribution in [-0.2, 0) is 14.3 Å². The second-order valence-electron chi connectivity index (χ2n) is 20.0. The summed E-state index contributed by atoms with van der Waals surface area (Å²) >= 11 is 0. The van der Waals surface area contributed by atoms with Crippen LogP contribution in [0, 0.1) is 0 Å². The average Bonchev–Trinajstić information content (AvgIpc) is 3.28. The van der Waals surface area contributed by atoms with Gasteiger partial charge in [0.1, 0.15) is 0 Å². The molecule has 0 bridgehead atoms. The van der Waals surface area contributed by atoms with Crippen LogP contribution in [0.2, 0.25) is 0 Å². The summed E-state index contributed by atoms with van der Waals surface area (Å²) in [6, 6.07) is -0.557. The molecule has 0 saturated heterocycles. The fourth-order valence-electron chi connectivity index (χ4n) is 9.23. The maximum absolute atomic E-state index is 12.5. The van der Waals surface area contributed by atoms with Gasteiger partial charge in [-0.2, -0.15) is 0 Å². The van der Waals surface area contributed by atoms with Gasteiger partial charge in [0.2, 0.25) is 5.91 Å². The smallest absolute Gasteiger partial charge is 0.305 e. The topological polar surface area (TPSA) is 95.9 Å². The SMILES string of the molecule is CCCCCCCCCCCCCCCCCCCCCC(=O)OCCCCCCCCCCCCC(=O)NC(CO)C(O)CCCCCCCCCCCCCCCCCCC. The summed E-state index contributed by atoms with van der Waals surface area (Å²) in [5, 5.41) is 23.3. The van der Waals surface area contributed by atoms with E-state index >= 15 is 0 Å². The lowest BCUT2D eigenvalue weighted by atomic mass is 10.0. The van der Waals surface area contributed by atoms with E-state index in [1.807, 2.05) is 0 Å². The summed E-state index contributed by atoms with van der Waals surface area (Å²) in [4.78, 5) is 24.6. The van der Waals surface area contributed by atoms with E-state index in [1.54, 1.807) is 0 Å². The zero-order chi connectivity index (χ0) is 45.8. The Morgan fingerprint density at radius 1 is 0.381 bits per heavy atom. The monoisotopic (exact) mass is 892 g/mol. The van der Waals surface area contributed by atoms with Crippen molar-refractivity contribution >= 4 is 11.9 Å². The number of hydrogen-bond acceptors (Lipinski definition) is 5. The van der Waals surface area contributed by atoms with Crippen LogP contribution in [0.15, 0.2) is 0 Å². The first kappa shape index (κ1) is 61.9. The highest BCUT2D eigenvalue weighted by molar-refractivity contribution is 5.76. The van der Waals surface area contributed by atoms with Gasteiger partial charge in [0.25, 0.3) is 0 Å². The molecule has 0 aromatic rings. The first-order valence-corrected chi connectivity index (χ1v) is 28.8. The van der Waals surface area contributed by atoms with Crippen molar-refractivity contribution < 1.29 is 24.5 Å². The van der Waals surface area contributed by atoms with E-state index < -0.39 is 12.1 Å². The van der Waals surface area contributed by atoms with Gasteiger partial charge in [0.15, 0.2) is 0 Å². The standard InChI is InChI=1S/C57H113NO5/c1-3-5-7-9-11-13-15-17-19-21-22-24-26-28-30-35-39-43-47-51-57(62)63-52-48-44-40-36-32-31-34-38-42-46-50-56(61)58-54(53-59)55(60)49-45-41-37-33-29-27-25-23-20-18-16-14-12-10-8-6-4-2/h54-55,59-60H,3-53H2,1-2H3,(H,58,61). The Kier molecular flexibility index (Phi) is 52.5. The minimum absolute atomic E-state index is 0.0128. The van der Waals surface area contributed by atoms with Crippen LogP contribution < -0.4 is 5.32 Å². The van der Waals surface area contributed by atoms with Crippen molar-refractivity contribution in [1.29, 1.82) is 0 Å². The largest absolute Gasteiger partial charge is 0.466 e. The van der Waals surface area contributed by atoms with E-state index in [9.17, 15) is 19.8 Å². The molecule has 6 nitrogen and oxygen atoms in total. The molecule has 0 rings (SSSR count). The summed E-state index contributed by atoms with van der Waals surface area (Å²) in [7, 11) is 0. The highest BCUT2D eigenvalue weighted by Crippen LogP contribution is 2.18. The zero-order valence-electron chi connectivity index (χ0n) is 42.8. The molecule has 0 aromatic heterocycles. The summed E-state index contributed by atoms with van der Waals surface area (Å²) in [5.41, 5.74) is 0. The Morgan fingerprint density at radius 3 is 0.968 bits per heavy atom. The first-order valence-electron chi connectivity index (χ1n) is 28.8. The van der Waals surface area contributed by atoms with E-state index in [2.05, 4.69) is 19.2 Å². The second-order valence-corrected chi connectivity index (χ2v) is 20.0. The van der Waals surface area contributed by atoms with Crippen molar-refractivity contribution in [2.75, 3.05) is 13.2 Å². The summed E-state index contributed by atoms with van der Waals surface area (Å²) in [5.74, 6) is -0.0666. The number of rotatable bonds is 54. The maximum atomic E-state index is 12.5. The highest BCUT2D eigenvalue weighted by Gasteiger charge is 2.20. The van der Waals surface area contributed by atoms with Crippen LogP contribution in [-0.4, -0.2) is 47.4 Å².